The summed E-state index contributed by atoms with van der Waals surface area (Å²) >= 11 is 0. The summed E-state index contributed by atoms with van der Waals surface area (Å²) in [6.45, 7) is 5.52. The number of hydrogen-bond acceptors (Lipinski definition) is 5. The summed E-state index contributed by atoms with van der Waals surface area (Å²) < 4.78 is 1.59. The van der Waals surface area contributed by atoms with Gasteiger partial charge in [-0.25, -0.2) is 0 Å². The number of aliphatic hydroxyl groups excluding tert-OH is 1. The number of hydrogen-bond donors (Lipinski definition) is 3. The molecule has 1 atom stereocenters. The van der Waals surface area contributed by atoms with Crippen molar-refractivity contribution < 1.29 is 14.8 Å². The van der Waals surface area contributed by atoms with Crippen molar-refractivity contribution in [2.24, 2.45) is 0 Å². The molecule has 21 heavy (non-hydrogen) atoms. The highest BCUT2D eigenvalue weighted by Crippen LogP contribution is 2.16. The van der Waals surface area contributed by atoms with Crippen LogP contribution in [-0.4, -0.2) is 46.2 Å². The van der Waals surface area contributed by atoms with Gasteiger partial charge < -0.3 is 20.3 Å². The van der Waals surface area contributed by atoms with Crippen molar-refractivity contribution in [1.29, 1.82) is 0 Å². The van der Waals surface area contributed by atoms with E-state index in [1.54, 1.807) is 11.5 Å². The summed E-state index contributed by atoms with van der Waals surface area (Å²) in [5, 5.41) is 25.5. The fraction of sp³-hybridized carbons (Fsp3) is 0.615. The highest BCUT2D eigenvalue weighted by Gasteiger charge is 2.18. The molecule has 0 aromatic carbocycles. The zero-order valence-electron chi connectivity index (χ0n) is 12.3. The first-order chi connectivity index (χ1) is 9.95. The van der Waals surface area contributed by atoms with Gasteiger partial charge in [-0.05, 0) is 13.3 Å². The number of aryl methyl sites for hydroxylation is 1. The fourth-order valence-electron chi connectivity index (χ4n) is 1.88. The van der Waals surface area contributed by atoms with Gasteiger partial charge in [0.25, 0.3) is 11.6 Å². The van der Waals surface area contributed by atoms with Crippen molar-refractivity contribution in [3.8, 4) is 0 Å². The normalized spacial score (nSPS) is 12.1. The van der Waals surface area contributed by atoms with E-state index in [-0.39, 0.29) is 11.6 Å². The number of nitrogens with one attached hydrogen (secondary N) is 2. The van der Waals surface area contributed by atoms with Gasteiger partial charge in [0.15, 0.2) is 0 Å². The Kier molecular flexibility index (Phi) is 6.83. The van der Waals surface area contributed by atoms with Crippen molar-refractivity contribution in [3.05, 3.63) is 28.1 Å². The van der Waals surface area contributed by atoms with Crippen LogP contribution in [0.25, 0.3) is 0 Å². The zero-order valence-corrected chi connectivity index (χ0v) is 12.3. The molecule has 0 spiro atoms. The van der Waals surface area contributed by atoms with E-state index in [9.17, 15) is 14.9 Å². The number of nitrogens with zero attached hydrogens (tertiary/aromatic N) is 2. The molecule has 1 unspecified atom stereocenters. The van der Waals surface area contributed by atoms with Crippen LogP contribution in [0.15, 0.2) is 12.3 Å². The molecule has 118 valence electrons. The summed E-state index contributed by atoms with van der Waals surface area (Å²) in [6, 6.07) is 1.29. The lowest BCUT2D eigenvalue weighted by atomic mass is 10.3. The lowest BCUT2D eigenvalue weighted by Gasteiger charge is -2.09. The number of aliphatic hydroxyl groups is 1. The molecule has 1 amide bonds. The summed E-state index contributed by atoms with van der Waals surface area (Å²) in [7, 11) is 0. The topological polar surface area (TPSA) is 109 Å². The first-order valence-corrected chi connectivity index (χ1v) is 6.97. The maximum atomic E-state index is 12.0. The van der Waals surface area contributed by atoms with Crippen molar-refractivity contribution in [2.75, 3.05) is 19.6 Å². The molecule has 0 radical (unpaired) electrons. The van der Waals surface area contributed by atoms with Crippen LogP contribution in [-0.2, 0) is 6.54 Å². The zero-order chi connectivity index (χ0) is 15.8. The molecule has 1 aromatic rings. The van der Waals surface area contributed by atoms with Crippen molar-refractivity contribution in [2.45, 2.75) is 32.9 Å². The second-order valence-electron chi connectivity index (χ2n) is 4.84. The molecule has 1 aromatic heterocycles. The van der Waals surface area contributed by atoms with E-state index in [0.717, 1.165) is 6.42 Å². The summed E-state index contributed by atoms with van der Waals surface area (Å²) in [6.07, 6.45) is 1.72. The highest BCUT2D eigenvalue weighted by molar-refractivity contribution is 5.93. The van der Waals surface area contributed by atoms with Crippen molar-refractivity contribution in [3.63, 3.8) is 0 Å². The fourth-order valence-corrected chi connectivity index (χ4v) is 1.88. The van der Waals surface area contributed by atoms with E-state index in [1.165, 1.54) is 12.3 Å². The minimum atomic E-state index is -0.507. The average molecular weight is 298 g/mol. The van der Waals surface area contributed by atoms with E-state index in [4.69, 9.17) is 5.11 Å². The van der Waals surface area contributed by atoms with Crippen LogP contribution < -0.4 is 10.6 Å². The molecule has 0 fully saturated rings. The summed E-state index contributed by atoms with van der Waals surface area (Å²) in [5.41, 5.74) is 0.208. The summed E-state index contributed by atoms with van der Waals surface area (Å²) in [5.74, 6) is -0.338. The Hall–Kier alpha value is -1.93. The Labute approximate surface area is 123 Å². The van der Waals surface area contributed by atoms with E-state index in [2.05, 4.69) is 10.6 Å². The first kappa shape index (κ1) is 17.1. The SMILES string of the molecule is CCCn1cc([N+](=O)[O-])cc1C(=O)NCCNCC(C)O. The molecule has 0 bridgehead atoms. The van der Waals surface area contributed by atoms with Gasteiger partial charge in [-0.2, -0.15) is 0 Å². The van der Waals surface area contributed by atoms with Crippen LogP contribution in [0.4, 0.5) is 5.69 Å². The van der Waals surface area contributed by atoms with Crippen molar-refractivity contribution in [1.82, 2.24) is 15.2 Å². The Bertz CT molecular complexity index is 485. The number of carbonyl (C=O) groups excluding carboxylic acids is 1. The van der Waals surface area contributed by atoms with Gasteiger partial charge in [0, 0.05) is 32.2 Å². The second-order valence-corrected chi connectivity index (χ2v) is 4.84. The third-order valence-electron chi connectivity index (χ3n) is 2.82. The molecule has 0 aliphatic heterocycles. The molecule has 8 nitrogen and oxygen atoms in total. The smallest absolute Gasteiger partial charge is 0.287 e. The molecule has 0 aliphatic carbocycles. The molecule has 1 heterocycles. The maximum absolute atomic E-state index is 12.0. The lowest BCUT2D eigenvalue weighted by Crippen LogP contribution is -2.35. The van der Waals surface area contributed by atoms with Gasteiger partial charge in [0.05, 0.1) is 17.2 Å². The van der Waals surface area contributed by atoms with Crippen LogP contribution >= 0.6 is 0 Å². The van der Waals surface area contributed by atoms with E-state index in [1.807, 2.05) is 6.92 Å². The predicted octanol–water partition coefficient (Wildman–Crippen LogP) is 0.506. The van der Waals surface area contributed by atoms with E-state index >= 15 is 0 Å². The molecular weight excluding hydrogens is 276 g/mol. The van der Waals surface area contributed by atoms with Gasteiger partial charge in [-0.1, -0.05) is 6.92 Å². The Morgan fingerprint density at radius 1 is 1.52 bits per heavy atom. The Balaban J connectivity index is 2.58. The lowest BCUT2D eigenvalue weighted by molar-refractivity contribution is -0.384. The predicted molar refractivity (Wildman–Crippen MR) is 78.3 cm³/mol. The van der Waals surface area contributed by atoms with Crippen LogP contribution in [0.3, 0.4) is 0 Å². The minimum Gasteiger partial charge on any atom is -0.392 e. The number of amides is 1. The number of carbonyl (C=O) groups is 1. The largest absolute Gasteiger partial charge is 0.392 e. The third-order valence-corrected chi connectivity index (χ3v) is 2.82. The van der Waals surface area contributed by atoms with Gasteiger partial charge in [-0.3, -0.25) is 14.9 Å². The molecule has 0 saturated carbocycles. The van der Waals surface area contributed by atoms with Gasteiger partial charge in [-0.15, -0.1) is 0 Å². The van der Waals surface area contributed by atoms with Gasteiger partial charge >= 0.3 is 0 Å². The molecule has 3 N–H and O–H groups in total. The van der Waals surface area contributed by atoms with Crippen LogP contribution in [0.5, 0.6) is 0 Å². The quantitative estimate of drug-likeness (QED) is 0.349. The average Bonchev–Trinajstić information content (AvgIpc) is 2.82. The number of rotatable bonds is 9. The van der Waals surface area contributed by atoms with E-state index < -0.39 is 11.0 Å². The molecule has 0 aliphatic rings. The molecule has 1 rings (SSSR count). The minimum absolute atomic E-state index is 0.0826. The molecular formula is C13H22N4O4. The van der Waals surface area contributed by atoms with Crippen LogP contribution in [0.1, 0.15) is 30.8 Å². The standard InChI is InChI=1S/C13H22N4O4/c1-3-6-16-9-11(17(20)21)7-12(16)13(19)15-5-4-14-8-10(2)18/h7,9-10,14,18H,3-6,8H2,1-2H3,(H,15,19). The van der Waals surface area contributed by atoms with Gasteiger partial charge in [0.2, 0.25) is 0 Å². The van der Waals surface area contributed by atoms with Gasteiger partial charge in [0.1, 0.15) is 5.69 Å². The third kappa shape index (κ3) is 5.52. The van der Waals surface area contributed by atoms with Crippen LogP contribution in [0.2, 0.25) is 0 Å². The first-order valence-electron chi connectivity index (χ1n) is 6.97. The number of nitro groups is 1. The van der Waals surface area contributed by atoms with Crippen LogP contribution in [0, 0.1) is 10.1 Å². The number of aromatic nitrogens is 1. The summed E-state index contributed by atoms with van der Waals surface area (Å²) in [4.78, 5) is 22.3. The highest BCUT2D eigenvalue weighted by atomic mass is 16.6. The maximum Gasteiger partial charge on any atom is 0.287 e. The second kappa shape index (κ2) is 8.38. The molecule has 8 heteroatoms. The Morgan fingerprint density at radius 2 is 2.24 bits per heavy atom. The Morgan fingerprint density at radius 3 is 2.81 bits per heavy atom. The van der Waals surface area contributed by atoms with E-state index in [0.29, 0.717) is 31.9 Å². The molecule has 0 saturated heterocycles. The van der Waals surface area contributed by atoms with Crippen molar-refractivity contribution >= 4 is 11.6 Å². The monoisotopic (exact) mass is 298 g/mol.